The number of nitrogens with one attached hydrogen (secondary N) is 1. The Morgan fingerprint density at radius 2 is 1.88 bits per heavy atom. The molecular weight excluding hydrogens is 244 g/mol. The molecule has 0 aliphatic rings. The molecule has 0 aromatic heterocycles. The number of anilines is 1. The van der Waals surface area contributed by atoms with E-state index in [4.69, 9.17) is 5.73 Å². The molecule has 94 valence electrons. The van der Waals surface area contributed by atoms with Crippen LogP contribution in [0.15, 0.2) is 24.3 Å². The number of ether oxygens (including phenoxy) is 1. The van der Waals surface area contributed by atoms with Gasteiger partial charge < -0.3 is 15.8 Å². The largest absolute Gasteiger partial charge is 0.465 e. The number of nitrogens with two attached hydrogens (primary N) is 1. The standard InChI is InChI=1S/C11H14N2O3.ClH/c1-16-11(15)8-2-4-9(5-3-8)13-10(14)6-7-12;/h2-5H,6-7,12H2,1H3,(H,13,14);1H. The fraction of sp³-hybridized carbons (Fsp3) is 0.273. The monoisotopic (exact) mass is 258 g/mol. The molecule has 1 aromatic carbocycles. The number of esters is 1. The Morgan fingerprint density at radius 1 is 1.29 bits per heavy atom. The Labute approximate surface area is 106 Å². The van der Waals surface area contributed by atoms with E-state index in [0.29, 0.717) is 17.8 Å². The second-order valence-electron chi connectivity index (χ2n) is 3.16. The zero-order chi connectivity index (χ0) is 12.0. The Bertz CT molecular complexity index is 379. The molecule has 0 aliphatic carbocycles. The van der Waals surface area contributed by atoms with Crippen LogP contribution < -0.4 is 11.1 Å². The Hall–Kier alpha value is -1.59. The highest BCUT2D eigenvalue weighted by atomic mass is 35.5. The predicted octanol–water partition coefficient (Wildman–Crippen LogP) is 1.18. The van der Waals surface area contributed by atoms with Crippen LogP contribution in [-0.2, 0) is 9.53 Å². The van der Waals surface area contributed by atoms with E-state index < -0.39 is 5.97 Å². The Kier molecular flexibility index (Phi) is 6.93. The number of methoxy groups -OCH3 is 1. The third kappa shape index (κ3) is 4.84. The minimum absolute atomic E-state index is 0. The number of benzene rings is 1. The van der Waals surface area contributed by atoms with Crippen molar-refractivity contribution in [1.29, 1.82) is 0 Å². The maximum atomic E-state index is 11.2. The van der Waals surface area contributed by atoms with Gasteiger partial charge in [0.2, 0.25) is 5.91 Å². The van der Waals surface area contributed by atoms with Gasteiger partial charge in [0.1, 0.15) is 0 Å². The van der Waals surface area contributed by atoms with Crippen LogP contribution in [0, 0.1) is 0 Å². The van der Waals surface area contributed by atoms with Crippen LogP contribution >= 0.6 is 12.4 Å². The summed E-state index contributed by atoms with van der Waals surface area (Å²) < 4.78 is 4.55. The van der Waals surface area contributed by atoms with Crippen molar-refractivity contribution >= 4 is 30.0 Å². The van der Waals surface area contributed by atoms with Crippen LogP contribution in [0.4, 0.5) is 5.69 Å². The normalized spacial score (nSPS) is 9.06. The molecule has 0 bridgehead atoms. The van der Waals surface area contributed by atoms with Gasteiger partial charge in [-0.05, 0) is 24.3 Å². The Balaban J connectivity index is 0.00000256. The van der Waals surface area contributed by atoms with Gasteiger partial charge in [-0.3, -0.25) is 4.79 Å². The van der Waals surface area contributed by atoms with Gasteiger partial charge >= 0.3 is 5.97 Å². The molecule has 0 spiro atoms. The van der Waals surface area contributed by atoms with Crippen molar-refractivity contribution < 1.29 is 14.3 Å². The molecule has 1 rings (SSSR count). The van der Waals surface area contributed by atoms with E-state index in [0.717, 1.165) is 0 Å². The quantitative estimate of drug-likeness (QED) is 0.795. The van der Waals surface area contributed by atoms with E-state index in [1.165, 1.54) is 7.11 Å². The molecule has 17 heavy (non-hydrogen) atoms. The lowest BCUT2D eigenvalue weighted by Crippen LogP contribution is -2.16. The third-order valence-corrected chi connectivity index (χ3v) is 1.96. The van der Waals surface area contributed by atoms with Gasteiger partial charge in [-0.15, -0.1) is 12.4 Å². The lowest BCUT2D eigenvalue weighted by atomic mass is 10.2. The van der Waals surface area contributed by atoms with Gasteiger partial charge in [0.15, 0.2) is 0 Å². The zero-order valence-corrected chi connectivity index (χ0v) is 10.3. The molecule has 0 radical (unpaired) electrons. The summed E-state index contributed by atoms with van der Waals surface area (Å²) >= 11 is 0. The lowest BCUT2D eigenvalue weighted by Gasteiger charge is -2.04. The smallest absolute Gasteiger partial charge is 0.337 e. The van der Waals surface area contributed by atoms with Crippen molar-refractivity contribution in [2.75, 3.05) is 19.0 Å². The summed E-state index contributed by atoms with van der Waals surface area (Å²) in [5.74, 6) is -0.548. The van der Waals surface area contributed by atoms with Crippen LogP contribution in [0.5, 0.6) is 0 Å². The molecule has 0 saturated heterocycles. The number of hydrogen-bond donors (Lipinski definition) is 2. The molecule has 5 nitrogen and oxygen atoms in total. The zero-order valence-electron chi connectivity index (χ0n) is 9.43. The van der Waals surface area contributed by atoms with E-state index in [1.807, 2.05) is 0 Å². The third-order valence-electron chi connectivity index (χ3n) is 1.96. The first-order valence-corrected chi connectivity index (χ1v) is 4.85. The van der Waals surface area contributed by atoms with Crippen molar-refractivity contribution in [3.63, 3.8) is 0 Å². The summed E-state index contributed by atoms with van der Waals surface area (Å²) in [6.07, 6.45) is 0.277. The topological polar surface area (TPSA) is 81.4 Å². The first-order valence-electron chi connectivity index (χ1n) is 4.85. The maximum Gasteiger partial charge on any atom is 0.337 e. The van der Waals surface area contributed by atoms with Crippen molar-refractivity contribution in [3.8, 4) is 0 Å². The van der Waals surface area contributed by atoms with Crippen LogP contribution in [0.1, 0.15) is 16.8 Å². The molecule has 3 N–H and O–H groups in total. The van der Waals surface area contributed by atoms with Crippen molar-refractivity contribution in [2.24, 2.45) is 5.73 Å². The number of hydrogen-bond acceptors (Lipinski definition) is 4. The van der Waals surface area contributed by atoms with Gasteiger partial charge in [0.25, 0.3) is 0 Å². The highest BCUT2D eigenvalue weighted by Gasteiger charge is 2.05. The predicted molar refractivity (Wildman–Crippen MR) is 67.3 cm³/mol. The molecule has 1 aromatic rings. The van der Waals surface area contributed by atoms with Gasteiger partial charge in [-0.2, -0.15) is 0 Å². The molecule has 0 unspecified atom stereocenters. The van der Waals surface area contributed by atoms with Gasteiger partial charge in [0, 0.05) is 18.7 Å². The second kappa shape index (κ2) is 7.65. The van der Waals surface area contributed by atoms with Gasteiger partial charge in [0.05, 0.1) is 12.7 Å². The molecule has 0 saturated carbocycles. The molecule has 0 atom stereocenters. The second-order valence-corrected chi connectivity index (χ2v) is 3.16. The minimum atomic E-state index is -0.403. The van der Waals surface area contributed by atoms with Crippen LogP contribution in [0.25, 0.3) is 0 Å². The lowest BCUT2D eigenvalue weighted by molar-refractivity contribution is -0.116. The van der Waals surface area contributed by atoms with Crippen LogP contribution in [0.2, 0.25) is 0 Å². The van der Waals surface area contributed by atoms with Crippen LogP contribution in [-0.4, -0.2) is 25.5 Å². The van der Waals surface area contributed by atoms with Crippen LogP contribution in [0.3, 0.4) is 0 Å². The van der Waals surface area contributed by atoms with E-state index in [1.54, 1.807) is 24.3 Å². The summed E-state index contributed by atoms with van der Waals surface area (Å²) in [5.41, 5.74) is 6.32. The first-order chi connectivity index (χ1) is 7.67. The number of carbonyl (C=O) groups is 2. The Morgan fingerprint density at radius 3 is 2.35 bits per heavy atom. The maximum absolute atomic E-state index is 11.2. The first kappa shape index (κ1) is 15.4. The van der Waals surface area contributed by atoms with E-state index in [2.05, 4.69) is 10.1 Å². The number of amides is 1. The minimum Gasteiger partial charge on any atom is -0.465 e. The van der Waals surface area contributed by atoms with E-state index in [9.17, 15) is 9.59 Å². The molecule has 0 fully saturated rings. The van der Waals surface area contributed by atoms with Crippen molar-refractivity contribution in [2.45, 2.75) is 6.42 Å². The van der Waals surface area contributed by atoms with Gasteiger partial charge in [-0.1, -0.05) is 0 Å². The molecule has 6 heteroatoms. The van der Waals surface area contributed by atoms with Crippen molar-refractivity contribution in [1.82, 2.24) is 0 Å². The average molecular weight is 259 g/mol. The molecule has 0 heterocycles. The highest BCUT2D eigenvalue weighted by Crippen LogP contribution is 2.10. The summed E-state index contributed by atoms with van der Waals surface area (Å²) in [4.78, 5) is 22.3. The van der Waals surface area contributed by atoms with Crippen molar-refractivity contribution in [3.05, 3.63) is 29.8 Å². The number of halogens is 1. The fourth-order valence-electron chi connectivity index (χ4n) is 1.16. The van der Waals surface area contributed by atoms with Gasteiger partial charge in [-0.25, -0.2) is 4.79 Å². The molecular formula is C11H15ClN2O3. The van der Waals surface area contributed by atoms with E-state index >= 15 is 0 Å². The van der Waals surface area contributed by atoms with E-state index in [-0.39, 0.29) is 24.7 Å². The fourth-order valence-corrected chi connectivity index (χ4v) is 1.16. The average Bonchev–Trinajstić information content (AvgIpc) is 2.29. The number of rotatable bonds is 4. The molecule has 1 amide bonds. The summed E-state index contributed by atoms with van der Waals surface area (Å²) in [5, 5.41) is 2.66. The highest BCUT2D eigenvalue weighted by molar-refractivity contribution is 5.93. The number of carbonyl (C=O) groups excluding carboxylic acids is 2. The summed E-state index contributed by atoms with van der Waals surface area (Å²) in [6.45, 7) is 0.312. The SMILES string of the molecule is COC(=O)c1ccc(NC(=O)CCN)cc1.Cl. The summed E-state index contributed by atoms with van der Waals surface area (Å²) in [6, 6.07) is 6.45. The summed E-state index contributed by atoms with van der Waals surface area (Å²) in [7, 11) is 1.32. The molecule has 0 aliphatic heterocycles.